The van der Waals surface area contributed by atoms with Gasteiger partial charge in [-0.25, -0.2) is 8.42 Å². The molecule has 0 aromatic heterocycles. The molecule has 0 radical (unpaired) electrons. The number of hydrogen-bond acceptors (Lipinski definition) is 5. The van der Waals surface area contributed by atoms with E-state index >= 15 is 0 Å². The number of carbonyl (C=O) groups is 1. The average Bonchev–Trinajstić information content (AvgIpc) is 2.25. The SMILES string of the molecule is CCCOCCN1CCS(=O)(=O)CC1CC(=O)O. The molecule has 0 saturated carbocycles. The lowest BCUT2D eigenvalue weighted by atomic mass is 10.2. The van der Waals surface area contributed by atoms with Gasteiger partial charge in [-0.15, -0.1) is 0 Å². The maximum atomic E-state index is 11.5. The van der Waals surface area contributed by atoms with Gasteiger partial charge in [-0.1, -0.05) is 6.92 Å². The Balaban J connectivity index is 2.50. The zero-order valence-corrected chi connectivity index (χ0v) is 11.5. The Bertz CT molecular complexity index is 368. The van der Waals surface area contributed by atoms with E-state index < -0.39 is 21.8 Å². The Labute approximate surface area is 108 Å². The third-order valence-corrected chi connectivity index (χ3v) is 4.63. The number of carboxylic acids is 1. The molecule has 7 heteroatoms. The molecule has 18 heavy (non-hydrogen) atoms. The predicted octanol–water partition coefficient (Wildman–Crippen LogP) is -0.0133. The molecule has 0 aromatic carbocycles. The Morgan fingerprint density at radius 1 is 1.44 bits per heavy atom. The number of nitrogens with zero attached hydrogens (tertiary/aromatic N) is 1. The van der Waals surface area contributed by atoms with E-state index in [4.69, 9.17) is 9.84 Å². The molecule has 1 heterocycles. The first-order chi connectivity index (χ1) is 8.44. The molecule has 1 N–H and O–H groups in total. The number of hydrogen-bond donors (Lipinski definition) is 1. The first-order valence-corrected chi connectivity index (χ1v) is 8.00. The van der Waals surface area contributed by atoms with Crippen molar-refractivity contribution in [1.29, 1.82) is 0 Å². The van der Waals surface area contributed by atoms with Crippen LogP contribution >= 0.6 is 0 Å². The predicted molar refractivity (Wildman–Crippen MR) is 67.4 cm³/mol. The standard InChI is InChI=1S/C11H21NO5S/c1-2-5-17-6-3-12-4-7-18(15,16)9-10(12)8-11(13)14/h10H,2-9H2,1H3,(H,13,14). The Kier molecular flexibility index (Phi) is 6.04. The van der Waals surface area contributed by atoms with Gasteiger partial charge in [-0.05, 0) is 6.42 Å². The van der Waals surface area contributed by atoms with Gasteiger partial charge in [-0.2, -0.15) is 0 Å². The summed E-state index contributed by atoms with van der Waals surface area (Å²) in [5.41, 5.74) is 0. The number of sulfone groups is 1. The molecule has 1 atom stereocenters. The summed E-state index contributed by atoms with van der Waals surface area (Å²) in [5, 5.41) is 8.81. The molecule has 6 nitrogen and oxygen atoms in total. The summed E-state index contributed by atoms with van der Waals surface area (Å²) < 4.78 is 28.4. The van der Waals surface area contributed by atoms with Gasteiger partial charge < -0.3 is 9.84 Å². The molecule has 1 unspecified atom stereocenters. The third kappa shape index (κ3) is 5.32. The van der Waals surface area contributed by atoms with Crippen LogP contribution in [0.4, 0.5) is 0 Å². The van der Waals surface area contributed by atoms with Crippen LogP contribution in [0.2, 0.25) is 0 Å². The summed E-state index contributed by atoms with van der Waals surface area (Å²) in [5.74, 6) is -0.916. The Hall–Kier alpha value is -0.660. The zero-order valence-electron chi connectivity index (χ0n) is 10.7. The highest BCUT2D eigenvalue weighted by atomic mass is 32.2. The summed E-state index contributed by atoms with van der Waals surface area (Å²) in [6, 6.07) is -0.425. The largest absolute Gasteiger partial charge is 0.481 e. The molecule has 0 bridgehead atoms. The van der Waals surface area contributed by atoms with Crippen LogP contribution in [0.25, 0.3) is 0 Å². The minimum absolute atomic E-state index is 0.0624. The number of carboxylic acid groups (broad SMARTS) is 1. The lowest BCUT2D eigenvalue weighted by Crippen LogP contribution is -2.50. The highest BCUT2D eigenvalue weighted by Crippen LogP contribution is 2.14. The topological polar surface area (TPSA) is 83.9 Å². The number of aliphatic carboxylic acids is 1. The minimum Gasteiger partial charge on any atom is -0.481 e. The van der Waals surface area contributed by atoms with Crippen LogP contribution < -0.4 is 0 Å². The second-order valence-corrected chi connectivity index (χ2v) is 6.74. The van der Waals surface area contributed by atoms with E-state index in [-0.39, 0.29) is 17.9 Å². The van der Waals surface area contributed by atoms with Crippen molar-refractivity contribution in [3.8, 4) is 0 Å². The van der Waals surface area contributed by atoms with Crippen molar-refractivity contribution in [2.75, 3.05) is 37.8 Å². The van der Waals surface area contributed by atoms with E-state index in [1.807, 2.05) is 11.8 Å². The molecule has 1 saturated heterocycles. The maximum absolute atomic E-state index is 11.5. The second kappa shape index (κ2) is 7.06. The Morgan fingerprint density at radius 2 is 2.17 bits per heavy atom. The van der Waals surface area contributed by atoms with Crippen molar-refractivity contribution in [2.45, 2.75) is 25.8 Å². The molecule has 1 aliphatic heterocycles. The summed E-state index contributed by atoms with van der Waals surface area (Å²) in [4.78, 5) is 12.7. The van der Waals surface area contributed by atoms with Crippen molar-refractivity contribution in [3.63, 3.8) is 0 Å². The van der Waals surface area contributed by atoms with Gasteiger partial charge in [0.1, 0.15) is 0 Å². The van der Waals surface area contributed by atoms with Gasteiger partial charge in [0.2, 0.25) is 0 Å². The first-order valence-electron chi connectivity index (χ1n) is 6.18. The fourth-order valence-corrected chi connectivity index (χ4v) is 3.63. The number of ether oxygens (including phenoxy) is 1. The second-order valence-electron chi connectivity index (χ2n) is 4.51. The lowest BCUT2D eigenvalue weighted by Gasteiger charge is -2.34. The van der Waals surface area contributed by atoms with Crippen molar-refractivity contribution in [3.05, 3.63) is 0 Å². The lowest BCUT2D eigenvalue weighted by molar-refractivity contribution is -0.138. The summed E-state index contributed by atoms with van der Waals surface area (Å²) in [7, 11) is -3.09. The fraction of sp³-hybridized carbons (Fsp3) is 0.909. The summed E-state index contributed by atoms with van der Waals surface area (Å²) in [6.07, 6.45) is 0.805. The van der Waals surface area contributed by atoms with E-state index in [1.54, 1.807) is 0 Å². The highest BCUT2D eigenvalue weighted by molar-refractivity contribution is 7.91. The van der Waals surface area contributed by atoms with Crippen LogP contribution in [0.3, 0.4) is 0 Å². The maximum Gasteiger partial charge on any atom is 0.304 e. The molecule has 1 fully saturated rings. The molecule has 0 aromatic rings. The normalized spacial score (nSPS) is 23.9. The van der Waals surface area contributed by atoms with Crippen LogP contribution in [0.5, 0.6) is 0 Å². The first kappa shape index (κ1) is 15.4. The van der Waals surface area contributed by atoms with Gasteiger partial charge in [0.05, 0.1) is 24.5 Å². The van der Waals surface area contributed by atoms with Crippen LogP contribution in [-0.4, -0.2) is 68.2 Å². The van der Waals surface area contributed by atoms with Gasteiger partial charge >= 0.3 is 5.97 Å². The molecule has 0 aliphatic carbocycles. The highest BCUT2D eigenvalue weighted by Gasteiger charge is 2.32. The van der Waals surface area contributed by atoms with Gasteiger partial charge in [0.25, 0.3) is 0 Å². The van der Waals surface area contributed by atoms with Gasteiger partial charge in [0, 0.05) is 25.7 Å². The quantitative estimate of drug-likeness (QED) is 0.660. The third-order valence-electron chi connectivity index (χ3n) is 2.93. The molecular weight excluding hydrogens is 258 g/mol. The van der Waals surface area contributed by atoms with E-state index in [0.717, 1.165) is 6.42 Å². The molecule has 1 aliphatic rings. The zero-order chi connectivity index (χ0) is 13.6. The molecule has 106 valence electrons. The molecule has 0 spiro atoms. The van der Waals surface area contributed by atoms with Crippen LogP contribution in [-0.2, 0) is 19.4 Å². The van der Waals surface area contributed by atoms with Crippen molar-refractivity contribution >= 4 is 15.8 Å². The van der Waals surface area contributed by atoms with Crippen LogP contribution in [0.1, 0.15) is 19.8 Å². The van der Waals surface area contributed by atoms with Crippen molar-refractivity contribution in [2.24, 2.45) is 0 Å². The smallest absolute Gasteiger partial charge is 0.304 e. The van der Waals surface area contributed by atoms with Gasteiger partial charge in [-0.3, -0.25) is 9.69 Å². The Morgan fingerprint density at radius 3 is 2.78 bits per heavy atom. The molecule has 0 amide bonds. The average molecular weight is 279 g/mol. The summed E-state index contributed by atoms with van der Waals surface area (Å²) >= 11 is 0. The monoisotopic (exact) mass is 279 g/mol. The summed E-state index contributed by atoms with van der Waals surface area (Å²) in [6.45, 7) is 4.20. The van der Waals surface area contributed by atoms with E-state index in [2.05, 4.69) is 0 Å². The van der Waals surface area contributed by atoms with Crippen LogP contribution in [0, 0.1) is 0 Å². The van der Waals surface area contributed by atoms with E-state index in [9.17, 15) is 13.2 Å². The van der Waals surface area contributed by atoms with Crippen molar-refractivity contribution in [1.82, 2.24) is 4.90 Å². The molecule has 1 rings (SSSR count). The minimum atomic E-state index is -3.09. The van der Waals surface area contributed by atoms with E-state index in [1.165, 1.54) is 0 Å². The van der Waals surface area contributed by atoms with Crippen molar-refractivity contribution < 1.29 is 23.1 Å². The number of rotatable bonds is 7. The molecular formula is C11H21NO5S. The van der Waals surface area contributed by atoms with E-state index in [0.29, 0.717) is 26.3 Å². The van der Waals surface area contributed by atoms with Gasteiger partial charge in [0.15, 0.2) is 9.84 Å². The fourth-order valence-electron chi connectivity index (χ4n) is 2.03. The van der Waals surface area contributed by atoms with Crippen LogP contribution in [0.15, 0.2) is 0 Å².